The molecule has 17 heavy (non-hydrogen) atoms. The summed E-state index contributed by atoms with van der Waals surface area (Å²) in [6, 6.07) is 13.3. The van der Waals surface area contributed by atoms with E-state index >= 15 is 0 Å². The first kappa shape index (κ1) is 9.73. The molecule has 3 nitrogen and oxygen atoms in total. The van der Waals surface area contributed by atoms with Crippen LogP contribution in [0.3, 0.4) is 0 Å². The first-order chi connectivity index (χ1) is 8.35. The van der Waals surface area contributed by atoms with E-state index in [0.717, 1.165) is 22.1 Å². The molecule has 0 atom stereocenters. The van der Waals surface area contributed by atoms with Crippen LogP contribution in [0.5, 0.6) is 5.75 Å². The zero-order valence-corrected chi connectivity index (χ0v) is 9.23. The van der Waals surface area contributed by atoms with Crippen molar-refractivity contribution in [3.8, 4) is 11.8 Å². The SMILES string of the molecule is COc1ccc(C#N)c2oc3ccccc3c12. The summed E-state index contributed by atoms with van der Waals surface area (Å²) in [4.78, 5) is 0. The number of furan rings is 1. The molecule has 0 saturated heterocycles. The third kappa shape index (κ3) is 1.28. The monoisotopic (exact) mass is 223 g/mol. The Morgan fingerprint density at radius 1 is 1.18 bits per heavy atom. The fourth-order valence-electron chi connectivity index (χ4n) is 2.06. The second kappa shape index (κ2) is 3.53. The molecular formula is C14H9NO2. The zero-order chi connectivity index (χ0) is 11.8. The lowest BCUT2D eigenvalue weighted by atomic mass is 10.1. The van der Waals surface area contributed by atoms with Crippen LogP contribution in [0.1, 0.15) is 5.56 Å². The van der Waals surface area contributed by atoms with Gasteiger partial charge >= 0.3 is 0 Å². The molecular weight excluding hydrogens is 214 g/mol. The largest absolute Gasteiger partial charge is 0.496 e. The van der Waals surface area contributed by atoms with Gasteiger partial charge in [-0.25, -0.2) is 0 Å². The van der Waals surface area contributed by atoms with Gasteiger partial charge in [-0.05, 0) is 18.2 Å². The number of nitriles is 1. The molecule has 2 aromatic carbocycles. The molecule has 0 N–H and O–H groups in total. The maximum Gasteiger partial charge on any atom is 0.156 e. The molecule has 0 spiro atoms. The number of hydrogen-bond acceptors (Lipinski definition) is 3. The van der Waals surface area contributed by atoms with Gasteiger partial charge in [0.15, 0.2) is 5.58 Å². The molecule has 3 heteroatoms. The van der Waals surface area contributed by atoms with Crippen LogP contribution in [0, 0.1) is 11.3 Å². The Bertz CT molecular complexity index is 750. The van der Waals surface area contributed by atoms with Crippen molar-refractivity contribution in [3.05, 3.63) is 42.0 Å². The summed E-state index contributed by atoms with van der Waals surface area (Å²) < 4.78 is 11.0. The number of methoxy groups -OCH3 is 1. The predicted molar refractivity (Wildman–Crippen MR) is 65.0 cm³/mol. The molecule has 0 aliphatic heterocycles. The van der Waals surface area contributed by atoms with E-state index in [0.29, 0.717) is 11.1 Å². The van der Waals surface area contributed by atoms with Gasteiger partial charge in [0.25, 0.3) is 0 Å². The molecule has 1 heterocycles. The average molecular weight is 223 g/mol. The average Bonchev–Trinajstić information content (AvgIpc) is 2.77. The van der Waals surface area contributed by atoms with Crippen LogP contribution in [-0.4, -0.2) is 7.11 Å². The summed E-state index contributed by atoms with van der Waals surface area (Å²) >= 11 is 0. The van der Waals surface area contributed by atoms with Crippen LogP contribution in [0.25, 0.3) is 21.9 Å². The zero-order valence-electron chi connectivity index (χ0n) is 9.23. The van der Waals surface area contributed by atoms with Gasteiger partial charge in [-0.2, -0.15) is 5.26 Å². The van der Waals surface area contributed by atoms with Crippen LogP contribution in [0.15, 0.2) is 40.8 Å². The molecule has 3 aromatic rings. The van der Waals surface area contributed by atoms with E-state index in [4.69, 9.17) is 14.4 Å². The van der Waals surface area contributed by atoms with Crippen molar-refractivity contribution in [2.45, 2.75) is 0 Å². The maximum atomic E-state index is 9.07. The highest BCUT2D eigenvalue weighted by atomic mass is 16.5. The molecule has 0 fully saturated rings. The number of ether oxygens (including phenoxy) is 1. The molecule has 0 unspecified atom stereocenters. The summed E-state index contributed by atoms with van der Waals surface area (Å²) in [6.45, 7) is 0. The minimum atomic E-state index is 0.525. The fourth-order valence-corrected chi connectivity index (χ4v) is 2.06. The molecule has 0 aliphatic rings. The summed E-state index contributed by atoms with van der Waals surface area (Å²) in [6.07, 6.45) is 0. The lowest BCUT2D eigenvalue weighted by molar-refractivity contribution is 0.420. The number of benzene rings is 2. The Hall–Kier alpha value is -2.47. The summed E-state index contributed by atoms with van der Waals surface area (Å²) in [7, 11) is 1.61. The normalized spacial score (nSPS) is 10.6. The van der Waals surface area contributed by atoms with Gasteiger partial charge in [0.2, 0.25) is 0 Å². The molecule has 1 aromatic heterocycles. The quantitative estimate of drug-likeness (QED) is 0.634. The lowest BCUT2D eigenvalue weighted by Gasteiger charge is -2.01. The second-order valence-corrected chi connectivity index (χ2v) is 3.73. The minimum Gasteiger partial charge on any atom is -0.496 e. The van der Waals surface area contributed by atoms with Crippen molar-refractivity contribution in [3.63, 3.8) is 0 Å². The van der Waals surface area contributed by atoms with E-state index in [9.17, 15) is 0 Å². The highest BCUT2D eigenvalue weighted by molar-refractivity contribution is 6.09. The van der Waals surface area contributed by atoms with E-state index in [1.165, 1.54) is 0 Å². The Balaban J connectivity index is 2.59. The second-order valence-electron chi connectivity index (χ2n) is 3.73. The predicted octanol–water partition coefficient (Wildman–Crippen LogP) is 3.47. The Kier molecular flexibility index (Phi) is 2.02. The summed E-state index contributed by atoms with van der Waals surface area (Å²) in [5, 5.41) is 10.9. The topological polar surface area (TPSA) is 46.2 Å². The first-order valence-corrected chi connectivity index (χ1v) is 5.23. The van der Waals surface area contributed by atoms with E-state index in [2.05, 4.69) is 6.07 Å². The summed E-state index contributed by atoms with van der Waals surface area (Å²) in [5.74, 6) is 0.726. The highest BCUT2D eigenvalue weighted by Crippen LogP contribution is 2.36. The van der Waals surface area contributed by atoms with Crippen molar-refractivity contribution >= 4 is 21.9 Å². The number of rotatable bonds is 1. The minimum absolute atomic E-state index is 0.525. The van der Waals surface area contributed by atoms with Crippen LogP contribution < -0.4 is 4.74 Å². The van der Waals surface area contributed by atoms with E-state index < -0.39 is 0 Å². The van der Waals surface area contributed by atoms with Gasteiger partial charge in [-0.3, -0.25) is 0 Å². The Morgan fingerprint density at radius 2 is 2.00 bits per heavy atom. The molecule has 0 bridgehead atoms. The number of hydrogen-bond donors (Lipinski definition) is 0. The van der Waals surface area contributed by atoms with Crippen molar-refractivity contribution in [1.82, 2.24) is 0 Å². The smallest absolute Gasteiger partial charge is 0.156 e. The summed E-state index contributed by atoms with van der Waals surface area (Å²) in [5.41, 5.74) is 1.88. The first-order valence-electron chi connectivity index (χ1n) is 5.23. The van der Waals surface area contributed by atoms with Gasteiger partial charge in [0.1, 0.15) is 17.4 Å². The van der Waals surface area contributed by atoms with Gasteiger partial charge in [-0.15, -0.1) is 0 Å². The Morgan fingerprint density at radius 3 is 2.76 bits per heavy atom. The van der Waals surface area contributed by atoms with Crippen molar-refractivity contribution < 1.29 is 9.15 Å². The standard InChI is InChI=1S/C14H9NO2/c1-16-12-7-6-9(8-15)14-13(12)10-4-2-3-5-11(10)17-14/h2-7H,1H3. The van der Waals surface area contributed by atoms with Crippen molar-refractivity contribution in [1.29, 1.82) is 5.26 Å². The van der Waals surface area contributed by atoms with Crippen LogP contribution in [0.2, 0.25) is 0 Å². The number of para-hydroxylation sites is 1. The van der Waals surface area contributed by atoms with Gasteiger partial charge < -0.3 is 9.15 Å². The van der Waals surface area contributed by atoms with Crippen LogP contribution in [0.4, 0.5) is 0 Å². The third-order valence-corrected chi connectivity index (χ3v) is 2.83. The highest BCUT2D eigenvalue weighted by Gasteiger charge is 2.14. The molecule has 82 valence electrons. The fraction of sp³-hybridized carbons (Fsp3) is 0.0714. The van der Waals surface area contributed by atoms with Gasteiger partial charge in [0.05, 0.1) is 18.1 Å². The molecule has 0 saturated carbocycles. The van der Waals surface area contributed by atoms with Crippen LogP contribution >= 0.6 is 0 Å². The molecule has 0 radical (unpaired) electrons. The van der Waals surface area contributed by atoms with E-state index in [1.54, 1.807) is 19.2 Å². The maximum absolute atomic E-state index is 9.07. The van der Waals surface area contributed by atoms with Crippen LogP contribution in [-0.2, 0) is 0 Å². The number of nitrogens with zero attached hydrogens (tertiary/aromatic N) is 1. The molecule has 0 aliphatic carbocycles. The van der Waals surface area contributed by atoms with Crippen molar-refractivity contribution in [2.75, 3.05) is 7.11 Å². The molecule has 3 rings (SSSR count). The van der Waals surface area contributed by atoms with Crippen molar-refractivity contribution in [2.24, 2.45) is 0 Å². The Labute approximate surface area is 97.8 Å². The molecule has 0 amide bonds. The lowest BCUT2D eigenvalue weighted by Crippen LogP contribution is -1.85. The third-order valence-electron chi connectivity index (χ3n) is 2.83. The van der Waals surface area contributed by atoms with Gasteiger partial charge in [-0.1, -0.05) is 18.2 Å². The van der Waals surface area contributed by atoms with E-state index in [-0.39, 0.29) is 0 Å². The van der Waals surface area contributed by atoms with Gasteiger partial charge in [0, 0.05) is 5.39 Å². The number of fused-ring (bicyclic) bond motifs is 3. The van der Waals surface area contributed by atoms with E-state index in [1.807, 2.05) is 24.3 Å².